The minimum absolute atomic E-state index is 0.209. The van der Waals surface area contributed by atoms with Gasteiger partial charge in [0.1, 0.15) is 0 Å². The number of benzene rings is 1. The molecule has 0 atom stereocenters. The van der Waals surface area contributed by atoms with Crippen LogP contribution < -0.4 is 5.69 Å². The highest BCUT2D eigenvalue weighted by Gasteiger charge is 2.29. The first-order chi connectivity index (χ1) is 9.20. The molecule has 0 unspecified atom stereocenters. The molecule has 0 amide bonds. The summed E-state index contributed by atoms with van der Waals surface area (Å²) in [5.41, 5.74) is 0.214. The smallest absolute Gasteiger partial charge is 0.298 e. The summed E-state index contributed by atoms with van der Waals surface area (Å²) in [6, 6.07) is 5.45. The summed E-state index contributed by atoms with van der Waals surface area (Å²) in [6.45, 7) is 0. The van der Waals surface area contributed by atoms with E-state index in [1.54, 1.807) is 22.8 Å². The van der Waals surface area contributed by atoms with E-state index >= 15 is 0 Å². The van der Waals surface area contributed by atoms with Gasteiger partial charge in [-0.2, -0.15) is 0 Å². The first kappa shape index (κ1) is 12.5. The molecule has 98 valence electrons. The molecule has 7 heteroatoms. The summed E-state index contributed by atoms with van der Waals surface area (Å²) in [6.07, 6.45) is 2.70. The van der Waals surface area contributed by atoms with Gasteiger partial charge in [-0.15, -0.1) is 5.10 Å². The normalized spacial score (nSPS) is 14.6. The zero-order chi connectivity index (χ0) is 13.4. The van der Waals surface area contributed by atoms with Crippen LogP contribution in [0.1, 0.15) is 29.2 Å². The van der Waals surface area contributed by atoms with Crippen LogP contribution >= 0.6 is 23.4 Å². The van der Waals surface area contributed by atoms with Crippen molar-refractivity contribution in [2.45, 2.75) is 28.9 Å². The van der Waals surface area contributed by atoms with E-state index in [0.29, 0.717) is 20.6 Å². The van der Waals surface area contributed by atoms with Crippen LogP contribution in [0.4, 0.5) is 0 Å². The van der Waals surface area contributed by atoms with Gasteiger partial charge >= 0.3 is 5.69 Å². The highest BCUT2D eigenvalue weighted by Crippen LogP contribution is 2.38. The second-order valence-electron chi connectivity index (χ2n) is 4.28. The van der Waals surface area contributed by atoms with E-state index in [2.05, 4.69) is 10.2 Å². The van der Waals surface area contributed by atoms with Crippen molar-refractivity contribution < 1.29 is 4.79 Å². The Labute approximate surface area is 118 Å². The third-order valence-electron chi connectivity index (χ3n) is 2.92. The standard InChI is InChI=1S/C12H10ClN3O2S/c13-9-2-1-3-10(8(9)6-17)19-12-15-14-11(18)16(12)7-4-5-7/h1-3,6-7H,4-5H2,(H,14,18). The van der Waals surface area contributed by atoms with E-state index in [4.69, 9.17) is 11.6 Å². The average Bonchev–Trinajstić information content (AvgIpc) is 3.15. The lowest BCUT2D eigenvalue weighted by Gasteiger charge is -2.06. The summed E-state index contributed by atoms with van der Waals surface area (Å²) >= 11 is 7.25. The Kier molecular flexibility index (Phi) is 3.20. The van der Waals surface area contributed by atoms with E-state index in [0.717, 1.165) is 19.1 Å². The average molecular weight is 296 g/mol. The molecule has 3 rings (SSSR count). The van der Waals surface area contributed by atoms with Gasteiger partial charge in [-0.3, -0.25) is 9.36 Å². The van der Waals surface area contributed by atoms with Crippen LogP contribution in [0, 0.1) is 0 Å². The van der Waals surface area contributed by atoms with Crippen LogP contribution in [0.25, 0.3) is 0 Å². The van der Waals surface area contributed by atoms with E-state index in [1.807, 2.05) is 0 Å². The summed E-state index contributed by atoms with van der Waals surface area (Å²) in [5.74, 6) is 0. The molecular formula is C12H10ClN3O2S. The predicted octanol–water partition coefficient (Wildman–Crippen LogP) is 2.52. The number of aromatic amines is 1. The minimum atomic E-state index is -0.209. The number of hydrogen-bond acceptors (Lipinski definition) is 4. The van der Waals surface area contributed by atoms with Gasteiger partial charge in [0.2, 0.25) is 0 Å². The third kappa shape index (κ3) is 2.33. The van der Waals surface area contributed by atoms with Crippen LogP contribution in [0.15, 0.2) is 33.0 Å². The summed E-state index contributed by atoms with van der Waals surface area (Å²) < 4.78 is 1.64. The maximum Gasteiger partial charge on any atom is 0.344 e. The highest BCUT2D eigenvalue weighted by molar-refractivity contribution is 7.99. The van der Waals surface area contributed by atoms with Gasteiger partial charge in [0.15, 0.2) is 11.4 Å². The van der Waals surface area contributed by atoms with Crippen molar-refractivity contribution in [2.75, 3.05) is 0 Å². The summed E-state index contributed by atoms with van der Waals surface area (Å²) in [5, 5.41) is 7.42. The van der Waals surface area contributed by atoms with Gasteiger partial charge in [-0.1, -0.05) is 17.7 Å². The molecule has 2 aromatic rings. The largest absolute Gasteiger partial charge is 0.344 e. The van der Waals surface area contributed by atoms with Crippen molar-refractivity contribution >= 4 is 29.6 Å². The van der Waals surface area contributed by atoms with Gasteiger partial charge in [-0.05, 0) is 36.7 Å². The Balaban J connectivity index is 2.00. The molecule has 1 heterocycles. The number of halogens is 1. The third-order valence-corrected chi connectivity index (χ3v) is 4.29. The molecule has 0 aliphatic heterocycles. The number of carbonyl (C=O) groups excluding carboxylic acids is 1. The molecule has 0 bridgehead atoms. The van der Waals surface area contributed by atoms with Crippen molar-refractivity contribution in [1.82, 2.24) is 14.8 Å². The first-order valence-corrected chi connectivity index (χ1v) is 6.98. The number of nitrogens with one attached hydrogen (secondary N) is 1. The fourth-order valence-electron chi connectivity index (χ4n) is 1.84. The molecule has 1 saturated carbocycles. The lowest BCUT2D eigenvalue weighted by atomic mass is 10.2. The second kappa shape index (κ2) is 4.86. The molecule has 0 saturated heterocycles. The summed E-state index contributed by atoms with van der Waals surface area (Å²) in [7, 11) is 0. The lowest BCUT2D eigenvalue weighted by molar-refractivity contribution is 0.112. The quantitative estimate of drug-likeness (QED) is 0.880. The number of rotatable bonds is 4. The second-order valence-corrected chi connectivity index (χ2v) is 5.70. The van der Waals surface area contributed by atoms with Crippen molar-refractivity contribution in [2.24, 2.45) is 0 Å². The minimum Gasteiger partial charge on any atom is -0.298 e. The zero-order valence-electron chi connectivity index (χ0n) is 9.80. The number of hydrogen-bond donors (Lipinski definition) is 1. The van der Waals surface area contributed by atoms with Gasteiger partial charge in [0.05, 0.1) is 5.02 Å². The van der Waals surface area contributed by atoms with Gasteiger partial charge in [-0.25, -0.2) is 9.89 Å². The van der Waals surface area contributed by atoms with Crippen molar-refractivity contribution in [3.63, 3.8) is 0 Å². The Morgan fingerprint density at radius 1 is 1.47 bits per heavy atom. The fraction of sp³-hybridized carbons (Fsp3) is 0.250. The molecule has 5 nitrogen and oxygen atoms in total. The molecule has 1 aromatic heterocycles. The van der Waals surface area contributed by atoms with E-state index in [-0.39, 0.29) is 11.7 Å². The van der Waals surface area contributed by atoms with Gasteiger partial charge in [0, 0.05) is 16.5 Å². The van der Waals surface area contributed by atoms with Crippen molar-refractivity contribution in [1.29, 1.82) is 0 Å². The molecule has 19 heavy (non-hydrogen) atoms. The number of aromatic nitrogens is 3. The molecule has 1 aliphatic rings. The number of carbonyl (C=O) groups is 1. The van der Waals surface area contributed by atoms with Crippen LogP contribution in [0.2, 0.25) is 5.02 Å². The Morgan fingerprint density at radius 2 is 2.26 bits per heavy atom. The number of aldehydes is 1. The highest BCUT2D eigenvalue weighted by atomic mass is 35.5. The topological polar surface area (TPSA) is 67.8 Å². The number of H-pyrrole nitrogens is 1. The van der Waals surface area contributed by atoms with E-state index in [1.165, 1.54) is 11.8 Å². The first-order valence-electron chi connectivity index (χ1n) is 5.79. The van der Waals surface area contributed by atoms with Gasteiger partial charge < -0.3 is 0 Å². The number of nitrogens with zero attached hydrogens (tertiary/aromatic N) is 2. The lowest BCUT2D eigenvalue weighted by Crippen LogP contribution is -2.16. The SMILES string of the molecule is O=Cc1c(Cl)cccc1Sc1n[nH]c(=O)n1C1CC1. The Morgan fingerprint density at radius 3 is 2.95 bits per heavy atom. The molecule has 0 radical (unpaired) electrons. The van der Waals surface area contributed by atoms with Crippen LogP contribution in [-0.2, 0) is 0 Å². The fourth-order valence-corrected chi connectivity index (χ4v) is 3.14. The maximum atomic E-state index is 11.7. The van der Waals surface area contributed by atoms with E-state index < -0.39 is 0 Å². The van der Waals surface area contributed by atoms with Crippen LogP contribution in [-0.4, -0.2) is 21.1 Å². The summed E-state index contributed by atoms with van der Waals surface area (Å²) in [4.78, 5) is 23.4. The van der Waals surface area contributed by atoms with Crippen LogP contribution in [0.5, 0.6) is 0 Å². The van der Waals surface area contributed by atoms with Crippen molar-refractivity contribution in [3.05, 3.63) is 39.3 Å². The predicted molar refractivity (Wildman–Crippen MR) is 72.1 cm³/mol. The molecule has 1 N–H and O–H groups in total. The molecule has 0 spiro atoms. The van der Waals surface area contributed by atoms with Crippen molar-refractivity contribution in [3.8, 4) is 0 Å². The molecule has 1 aliphatic carbocycles. The molecule has 1 aromatic carbocycles. The monoisotopic (exact) mass is 295 g/mol. The van der Waals surface area contributed by atoms with E-state index in [9.17, 15) is 9.59 Å². The Bertz CT molecular complexity index is 691. The Hall–Kier alpha value is -1.53. The van der Waals surface area contributed by atoms with Crippen LogP contribution in [0.3, 0.4) is 0 Å². The molecule has 1 fully saturated rings. The maximum absolute atomic E-state index is 11.7. The van der Waals surface area contributed by atoms with Gasteiger partial charge in [0.25, 0.3) is 0 Å². The molecular weight excluding hydrogens is 286 g/mol. The zero-order valence-corrected chi connectivity index (χ0v) is 11.4.